The molecule has 0 spiro atoms. The van der Waals surface area contributed by atoms with E-state index in [4.69, 9.17) is 15.3 Å². The van der Waals surface area contributed by atoms with E-state index in [0.717, 1.165) is 12.1 Å². The van der Waals surface area contributed by atoms with E-state index < -0.39 is 28.9 Å². The van der Waals surface area contributed by atoms with E-state index in [-0.39, 0.29) is 12.2 Å². The molecule has 3 N–H and O–H groups in total. The molecule has 0 bridgehead atoms. The van der Waals surface area contributed by atoms with E-state index in [2.05, 4.69) is 4.74 Å². The highest BCUT2D eigenvalue weighted by Crippen LogP contribution is 2.36. The molecule has 1 aromatic rings. The third kappa shape index (κ3) is 2.55. The smallest absolute Gasteiger partial charge is 0.315 e. The first-order valence-electron chi connectivity index (χ1n) is 3.94. The second-order valence-corrected chi connectivity index (χ2v) is 2.72. The molecule has 0 heterocycles. The molecule has 1 aromatic carbocycles. The van der Waals surface area contributed by atoms with Crippen LogP contribution in [0.15, 0.2) is 12.1 Å². The van der Waals surface area contributed by atoms with Crippen LogP contribution in [-0.4, -0.2) is 27.0 Å². The van der Waals surface area contributed by atoms with Gasteiger partial charge in [0.1, 0.15) is 6.79 Å². The molecule has 0 aliphatic carbocycles. The predicted octanol–water partition coefficient (Wildman–Crippen LogP) is 0.472. The van der Waals surface area contributed by atoms with Crippen molar-refractivity contribution in [1.29, 1.82) is 0 Å². The molecule has 0 aromatic heterocycles. The summed E-state index contributed by atoms with van der Waals surface area (Å²) in [6.07, 6.45) is 0. The van der Waals surface area contributed by atoms with Crippen LogP contribution in [0.3, 0.4) is 0 Å². The summed E-state index contributed by atoms with van der Waals surface area (Å²) in [5, 5.41) is 37.1. The highest BCUT2D eigenvalue weighted by atomic mass is 16.6. The van der Waals surface area contributed by atoms with Gasteiger partial charge in [-0.2, -0.15) is 0 Å². The minimum absolute atomic E-state index is 0.0921. The Morgan fingerprint density at radius 2 is 2.07 bits per heavy atom. The Bertz CT molecular complexity index is 378. The minimum Gasteiger partial charge on any atom is -0.504 e. The zero-order valence-electron chi connectivity index (χ0n) is 7.58. The van der Waals surface area contributed by atoms with Crippen LogP contribution in [0.5, 0.6) is 11.5 Å². The molecule has 0 unspecified atom stereocenters. The van der Waals surface area contributed by atoms with Crippen molar-refractivity contribution < 1.29 is 25.0 Å². The average molecular weight is 215 g/mol. The topological polar surface area (TPSA) is 113 Å². The van der Waals surface area contributed by atoms with Crippen molar-refractivity contribution in [2.75, 3.05) is 6.79 Å². The zero-order valence-corrected chi connectivity index (χ0v) is 7.58. The number of phenolic OH excluding ortho intramolecular Hbond substituents is 2. The summed E-state index contributed by atoms with van der Waals surface area (Å²) >= 11 is 0. The molecule has 0 atom stereocenters. The highest BCUT2D eigenvalue weighted by Gasteiger charge is 2.18. The second-order valence-electron chi connectivity index (χ2n) is 2.72. The first-order chi connectivity index (χ1) is 7.06. The first-order valence-corrected chi connectivity index (χ1v) is 3.94. The lowest BCUT2D eigenvalue weighted by Crippen LogP contribution is -1.96. The van der Waals surface area contributed by atoms with Crippen molar-refractivity contribution in [2.24, 2.45) is 0 Å². The lowest BCUT2D eigenvalue weighted by molar-refractivity contribution is -0.386. The van der Waals surface area contributed by atoms with Gasteiger partial charge in [0, 0.05) is 6.07 Å². The van der Waals surface area contributed by atoms with E-state index in [9.17, 15) is 10.1 Å². The van der Waals surface area contributed by atoms with Crippen LogP contribution >= 0.6 is 0 Å². The molecular formula is C8H9NO6. The fourth-order valence-corrected chi connectivity index (χ4v) is 1.05. The van der Waals surface area contributed by atoms with Crippen LogP contribution in [0, 0.1) is 10.1 Å². The van der Waals surface area contributed by atoms with E-state index in [1.165, 1.54) is 0 Å². The summed E-state index contributed by atoms with van der Waals surface area (Å²) in [5.41, 5.74) is -0.322. The lowest BCUT2D eigenvalue weighted by atomic mass is 10.2. The Labute approximate surface area is 84.3 Å². The fourth-order valence-electron chi connectivity index (χ4n) is 1.05. The van der Waals surface area contributed by atoms with Crippen molar-refractivity contribution in [1.82, 2.24) is 0 Å². The average Bonchev–Trinajstić information content (AvgIpc) is 2.19. The molecule has 0 aliphatic rings. The van der Waals surface area contributed by atoms with Gasteiger partial charge in [-0.15, -0.1) is 0 Å². The van der Waals surface area contributed by atoms with E-state index in [1.807, 2.05) is 0 Å². The molecule has 0 aliphatic heterocycles. The van der Waals surface area contributed by atoms with Crippen LogP contribution in [0.2, 0.25) is 0 Å². The highest BCUT2D eigenvalue weighted by molar-refractivity contribution is 5.56. The molecule has 0 fully saturated rings. The molecule has 15 heavy (non-hydrogen) atoms. The standard InChI is InChI=1S/C8H9NO6/c10-4-15-3-5-1-6(9(13)14)8(12)7(11)2-5/h1-2,10-12H,3-4H2. The number of aliphatic hydroxyl groups is 1. The third-order valence-corrected chi connectivity index (χ3v) is 1.69. The Balaban J connectivity index is 3.06. The maximum Gasteiger partial charge on any atom is 0.315 e. The van der Waals surface area contributed by atoms with Gasteiger partial charge >= 0.3 is 5.69 Å². The maximum atomic E-state index is 10.4. The quantitative estimate of drug-likeness (QED) is 0.291. The number of hydrogen-bond acceptors (Lipinski definition) is 6. The molecule has 0 radical (unpaired) electrons. The summed E-state index contributed by atoms with van der Waals surface area (Å²) in [6.45, 7) is -0.624. The number of aliphatic hydroxyl groups excluding tert-OH is 1. The zero-order chi connectivity index (χ0) is 11.4. The summed E-state index contributed by atoms with van der Waals surface area (Å²) in [6, 6.07) is 2.18. The summed E-state index contributed by atoms with van der Waals surface area (Å²) in [5.74, 6) is -1.38. The SMILES string of the molecule is O=[N+]([O-])c1cc(COCO)cc(O)c1O. The minimum atomic E-state index is -0.822. The second kappa shape index (κ2) is 4.58. The summed E-state index contributed by atoms with van der Waals surface area (Å²) in [7, 11) is 0. The Hall–Kier alpha value is -1.86. The number of benzene rings is 1. The molecule has 1 rings (SSSR count). The molecule has 7 nitrogen and oxygen atoms in total. The van der Waals surface area contributed by atoms with Gasteiger partial charge in [0.25, 0.3) is 0 Å². The number of nitrogens with zero attached hydrogens (tertiary/aromatic N) is 1. The van der Waals surface area contributed by atoms with Gasteiger partial charge in [0.2, 0.25) is 5.75 Å². The molecule has 7 heteroatoms. The molecular weight excluding hydrogens is 206 g/mol. The van der Waals surface area contributed by atoms with Crippen molar-refractivity contribution in [3.8, 4) is 11.5 Å². The van der Waals surface area contributed by atoms with Crippen LogP contribution in [0.1, 0.15) is 5.56 Å². The van der Waals surface area contributed by atoms with Crippen molar-refractivity contribution in [2.45, 2.75) is 6.61 Å². The van der Waals surface area contributed by atoms with Gasteiger partial charge < -0.3 is 20.1 Å². The largest absolute Gasteiger partial charge is 0.504 e. The number of rotatable bonds is 4. The van der Waals surface area contributed by atoms with Crippen LogP contribution < -0.4 is 0 Å². The van der Waals surface area contributed by atoms with E-state index in [0.29, 0.717) is 0 Å². The molecule has 82 valence electrons. The first kappa shape index (κ1) is 11.2. The van der Waals surface area contributed by atoms with Crippen molar-refractivity contribution in [3.05, 3.63) is 27.8 Å². The maximum absolute atomic E-state index is 10.4. The number of ether oxygens (including phenoxy) is 1. The van der Waals surface area contributed by atoms with Crippen LogP contribution in [0.25, 0.3) is 0 Å². The number of phenols is 2. The van der Waals surface area contributed by atoms with Gasteiger partial charge in [0.15, 0.2) is 5.75 Å². The molecule has 0 saturated heterocycles. The number of aromatic hydroxyl groups is 2. The number of hydrogen-bond donors (Lipinski definition) is 3. The van der Waals surface area contributed by atoms with Crippen LogP contribution in [0.4, 0.5) is 5.69 Å². The molecule has 0 saturated carbocycles. The van der Waals surface area contributed by atoms with Crippen molar-refractivity contribution >= 4 is 5.69 Å². The summed E-state index contributed by atoms with van der Waals surface area (Å²) in [4.78, 5) is 9.62. The van der Waals surface area contributed by atoms with Gasteiger partial charge in [-0.05, 0) is 11.6 Å². The Morgan fingerprint density at radius 3 is 2.60 bits per heavy atom. The van der Waals surface area contributed by atoms with Crippen LogP contribution in [-0.2, 0) is 11.3 Å². The number of nitro groups is 1. The monoisotopic (exact) mass is 215 g/mol. The van der Waals surface area contributed by atoms with Crippen molar-refractivity contribution in [3.63, 3.8) is 0 Å². The Kier molecular flexibility index (Phi) is 3.42. The van der Waals surface area contributed by atoms with Gasteiger partial charge in [-0.3, -0.25) is 10.1 Å². The number of nitro benzene ring substituents is 1. The third-order valence-electron chi connectivity index (χ3n) is 1.69. The predicted molar refractivity (Wildman–Crippen MR) is 48.3 cm³/mol. The normalized spacial score (nSPS) is 10.2. The Morgan fingerprint density at radius 1 is 1.40 bits per heavy atom. The molecule has 0 amide bonds. The van der Waals surface area contributed by atoms with Gasteiger partial charge in [-0.25, -0.2) is 0 Å². The fraction of sp³-hybridized carbons (Fsp3) is 0.250. The van der Waals surface area contributed by atoms with E-state index >= 15 is 0 Å². The van der Waals surface area contributed by atoms with E-state index in [1.54, 1.807) is 0 Å². The van der Waals surface area contributed by atoms with Gasteiger partial charge in [-0.1, -0.05) is 0 Å². The summed E-state index contributed by atoms with van der Waals surface area (Å²) < 4.78 is 4.59. The van der Waals surface area contributed by atoms with Gasteiger partial charge in [0.05, 0.1) is 11.5 Å². The lowest BCUT2D eigenvalue weighted by Gasteiger charge is -2.04.